The smallest absolute Gasteiger partial charge is 0.261 e. The Balaban J connectivity index is 0.00000161. The second-order valence-corrected chi connectivity index (χ2v) is 6.52. The number of fused-ring (bicyclic) bond motifs is 1. The van der Waals surface area contributed by atoms with Crippen molar-refractivity contribution in [1.82, 2.24) is 5.32 Å². The molecule has 1 aliphatic rings. The second-order valence-electron chi connectivity index (χ2n) is 5.44. The minimum absolute atomic E-state index is 0. The molecule has 1 fully saturated rings. The number of nitrogens with one attached hydrogen (secondary N) is 1. The number of rotatable bonds is 3. The summed E-state index contributed by atoms with van der Waals surface area (Å²) in [7, 11) is 0. The van der Waals surface area contributed by atoms with Crippen molar-refractivity contribution in [3.05, 3.63) is 35.0 Å². The van der Waals surface area contributed by atoms with Crippen molar-refractivity contribution in [2.45, 2.75) is 31.2 Å². The zero-order chi connectivity index (χ0) is 14.2. The van der Waals surface area contributed by atoms with Gasteiger partial charge in [-0.05, 0) is 42.5 Å². The van der Waals surface area contributed by atoms with E-state index in [1.54, 1.807) is 12.1 Å². The Morgan fingerprint density at radius 3 is 2.71 bits per heavy atom. The predicted molar refractivity (Wildman–Crippen MR) is 86.8 cm³/mol. The lowest BCUT2D eigenvalue weighted by atomic mass is 9.98. The van der Waals surface area contributed by atoms with E-state index in [0.29, 0.717) is 11.4 Å². The third kappa shape index (κ3) is 3.20. The van der Waals surface area contributed by atoms with Gasteiger partial charge in [0.1, 0.15) is 5.82 Å². The Kier molecular flexibility index (Phi) is 4.86. The van der Waals surface area contributed by atoms with Gasteiger partial charge in [-0.1, -0.05) is 12.8 Å². The maximum Gasteiger partial charge on any atom is 0.261 e. The average Bonchev–Trinajstić information content (AvgIpc) is 3.05. The van der Waals surface area contributed by atoms with E-state index >= 15 is 0 Å². The van der Waals surface area contributed by atoms with Crippen molar-refractivity contribution in [2.24, 2.45) is 5.73 Å². The summed E-state index contributed by atoms with van der Waals surface area (Å²) < 4.78 is 14.1. The number of halogens is 2. The highest BCUT2D eigenvalue weighted by Crippen LogP contribution is 2.31. The molecule has 1 aromatic carbocycles. The highest BCUT2D eigenvalue weighted by atomic mass is 35.5. The number of benzene rings is 1. The van der Waals surface area contributed by atoms with Crippen molar-refractivity contribution in [3.63, 3.8) is 0 Å². The van der Waals surface area contributed by atoms with E-state index in [1.165, 1.54) is 23.5 Å². The van der Waals surface area contributed by atoms with Gasteiger partial charge in [0.15, 0.2) is 0 Å². The van der Waals surface area contributed by atoms with Crippen molar-refractivity contribution in [2.75, 3.05) is 6.54 Å². The quantitative estimate of drug-likeness (QED) is 0.906. The van der Waals surface area contributed by atoms with E-state index in [9.17, 15) is 9.18 Å². The topological polar surface area (TPSA) is 55.1 Å². The van der Waals surface area contributed by atoms with Gasteiger partial charge in [0.05, 0.1) is 10.4 Å². The molecule has 2 aromatic rings. The standard InChI is InChI=1S/C15H17FN2OS.ClH/c16-11-3-4-12-10(7-11)8-13(20-12)14(19)18-15(9-17)5-1-2-6-15;/h3-4,7-8H,1-2,5-6,9,17H2,(H,18,19);1H. The summed E-state index contributed by atoms with van der Waals surface area (Å²) in [6.45, 7) is 0.470. The molecule has 0 spiro atoms. The van der Waals surface area contributed by atoms with Gasteiger partial charge in [0, 0.05) is 11.2 Å². The normalized spacial score (nSPS) is 16.7. The number of carbonyl (C=O) groups excluding carboxylic acids is 1. The summed E-state index contributed by atoms with van der Waals surface area (Å²) in [4.78, 5) is 13.0. The molecule has 1 aromatic heterocycles. The fourth-order valence-corrected chi connectivity index (χ4v) is 3.80. The fraction of sp³-hybridized carbons (Fsp3) is 0.400. The molecular weight excluding hydrogens is 311 g/mol. The predicted octanol–water partition coefficient (Wildman–Crippen LogP) is 3.46. The number of amides is 1. The Labute approximate surface area is 133 Å². The molecule has 114 valence electrons. The molecule has 0 aliphatic heterocycles. The Morgan fingerprint density at radius 1 is 1.33 bits per heavy atom. The molecule has 1 amide bonds. The van der Waals surface area contributed by atoms with Gasteiger partial charge in [-0.25, -0.2) is 4.39 Å². The van der Waals surface area contributed by atoms with Crippen LogP contribution in [0.1, 0.15) is 35.4 Å². The minimum atomic E-state index is -0.281. The van der Waals surface area contributed by atoms with Crippen LogP contribution in [-0.2, 0) is 0 Å². The van der Waals surface area contributed by atoms with Crippen LogP contribution in [0.5, 0.6) is 0 Å². The Morgan fingerprint density at radius 2 is 2.05 bits per heavy atom. The van der Waals surface area contributed by atoms with E-state index < -0.39 is 0 Å². The van der Waals surface area contributed by atoms with Crippen LogP contribution in [0.15, 0.2) is 24.3 Å². The van der Waals surface area contributed by atoms with Gasteiger partial charge in [0.25, 0.3) is 5.91 Å². The monoisotopic (exact) mass is 328 g/mol. The lowest BCUT2D eigenvalue weighted by molar-refractivity contribution is 0.0907. The van der Waals surface area contributed by atoms with Crippen LogP contribution in [-0.4, -0.2) is 18.0 Å². The molecular formula is C15H18ClFN2OS. The first-order valence-electron chi connectivity index (χ1n) is 6.84. The maximum atomic E-state index is 13.2. The molecule has 1 saturated carbocycles. The third-order valence-corrected chi connectivity index (χ3v) is 5.15. The first-order valence-corrected chi connectivity index (χ1v) is 7.65. The van der Waals surface area contributed by atoms with Crippen LogP contribution in [0.4, 0.5) is 4.39 Å². The van der Waals surface area contributed by atoms with E-state index in [1.807, 2.05) is 0 Å². The number of hydrogen-bond acceptors (Lipinski definition) is 3. The van der Waals surface area contributed by atoms with Crippen LogP contribution in [0.25, 0.3) is 10.1 Å². The minimum Gasteiger partial charge on any atom is -0.345 e. The first-order chi connectivity index (χ1) is 9.62. The molecule has 0 atom stereocenters. The molecule has 0 saturated heterocycles. The summed E-state index contributed by atoms with van der Waals surface area (Å²) in [6.07, 6.45) is 4.09. The van der Waals surface area contributed by atoms with Crippen LogP contribution in [0, 0.1) is 5.82 Å². The molecule has 3 nitrogen and oxygen atoms in total. The van der Waals surface area contributed by atoms with Gasteiger partial charge < -0.3 is 11.1 Å². The number of carbonyl (C=O) groups is 1. The van der Waals surface area contributed by atoms with Crippen molar-refractivity contribution in [3.8, 4) is 0 Å². The fourth-order valence-electron chi connectivity index (χ4n) is 2.86. The van der Waals surface area contributed by atoms with Crippen molar-refractivity contribution >= 4 is 39.7 Å². The molecule has 1 heterocycles. The summed E-state index contributed by atoms with van der Waals surface area (Å²) in [5.74, 6) is -0.379. The lowest BCUT2D eigenvalue weighted by Crippen LogP contribution is -2.51. The highest BCUT2D eigenvalue weighted by Gasteiger charge is 2.34. The molecule has 3 rings (SSSR count). The SMILES string of the molecule is Cl.NCC1(NC(=O)c2cc3cc(F)ccc3s2)CCCC1. The highest BCUT2D eigenvalue weighted by molar-refractivity contribution is 7.20. The zero-order valence-electron chi connectivity index (χ0n) is 11.5. The van der Waals surface area contributed by atoms with Crippen LogP contribution in [0.2, 0.25) is 0 Å². The maximum absolute atomic E-state index is 13.2. The summed E-state index contributed by atoms with van der Waals surface area (Å²) in [6, 6.07) is 6.33. The summed E-state index contributed by atoms with van der Waals surface area (Å²) in [5, 5.41) is 3.86. The Bertz CT molecular complexity index is 652. The van der Waals surface area contributed by atoms with Gasteiger partial charge in [-0.2, -0.15) is 0 Å². The molecule has 0 unspecified atom stereocenters. The third-order valence-electron chi connectivity index (χ3n) is 4.03. The van der Waals surface area contributed by atoms with E-state index in [2.05, 4.69) is 5.32 Å². The zero-order valence-corrected chi connectivity index (χ0v) is 13.2. The molecule has 21 heavy (non-hydrogen) atoms. The summed E-state index contributed by atoms with van der Waals surface area (Å²) in [5.41, 5.74) is 5.58. The lowest BCUT2D eigenvalue weighted by Gasteiger charge is -2.28. The van der Waals surface area contributed by atoms with Crippen LogP contribution >= 0.6 is 23.7 Å². The van der Waals surface area contributed by atoms with Gasteiger partial charge in [-0.3, -0.25) is 4.79 Å². The number of thiophene rings is 1. The van der Waals surface area contributed by atoms with Gasteiger partial charge in [-0.15, -0.1) is 23.7 Å². The molecule has 0 radical (unpaired) electrons. The van der Waals surface area contributed by atoms with E-state index in [4.69, 9.17) is 5.73 Å². The van der Waals surface area contributed by atoms with Crippen molar-refractivity contribution < 1.29 is 9.18 Å². The van der Waals surface area contributed by atoms with Gasteiger partial charge in [0.2, 0.25) is 0 Å². The molecule has 3 N–H and O–H groups in total. The van der Waals surface area contributed by atoms with Crippen molar-refractivity contribution in [1.29, 1.82) is 0 Å². The van der Waals surface area contributed by atoms with Crippen LogP contribution in [0.3, 0.4) is 0 Å². The van der Waals surface area contributed by atoms with E-state index in [-0.39, 0.29) is 29.7 Å². The van der Waals surface area contributed by atoms with E-state index in [0.717, 1.165) is 35.8 Å². The van der Waals surface area contributed by atoms with Gasteiger partial charge >= 0.3 is 0 Å². The van der Waals surface area contributed by atoms with Crippen LogP contribution < -0.4 is 11.1 Å². The number of hydrogen-bond donors (Lipinski definition) is 2. The molecule has 1 aliphatic carbocycles. The number of nitrogens with two attached hydrogens (primary N) is 1. The first kappa shape index (κ1) is 16.2. The Hall–Kier alpha value is -1.17. The molecule has 0 bridgehead atoms. The largest absolute Gasteiger partial charge is 0.345 e. The second kappa shape index (κ2) is 6.30. The molecule has 6 heteroatoms. The average molecular weight is 329 g/mol. The summed E-state index contributed by atoms with van der Waals surface area (Å²) >= 11 is 1.39.